The average Bonchev–Trinajstić information content (AvgIpc) is 2.78. The van der Waals surface area contributed by atoms with Crippen LogP contribution in [-0.4, -0.2) is 23.4 Å². The normalized spacial score (nSPS) is 17.3. The molecule has 5 nitrogen and oxygen atoms in total. The van der Waals surface area contributed by atoms with Gasteiger partial charge in [0.15, 0.2) is 5.75 Å². The lowest BCUT2D eigenvalue weighted by molar-refractivity contribution is 0.484. The summed E-state index contributed by atoms with van der Waals surface area (Å²) in [5.41, 5.74) is 0. The van der Waals surface area contributed by atoms with Gasteiger partial charge in [-0.3, -0.25) is 4.68 Å². The summed E-state index contributed by atoms with van der Waals surface area (Å²) in [6, 6.07) is 0. The van der Waals surface area contributed by atoms with Crippen LogP contribution in [0.1, 0.15) is 12.8 Å². The lowest BCUT2D eigenvalue weighted by atomic mass is 10.7. The van der Waals surface area contributed by atoms with E-state index < -0.39 is 10.1 Å². The van der Waals surface area contributed by atoms with Crippen molar-refractivity contribution in [2.24, 2.45) is 7.05 Å². The molecule has 13 heavy (non-hydrogen) atoms. The molecule has 0 unspecified atom stereocenters. The zero-order chi connectivity index (χ0) is 9.47. The fourth-order valence-electron chi connectivity index (χ4n) is 1.00. The van der Waals surface area contributed by atoms with E-state index in [1.807, 2.05) is 0 Å². The average molecular weight is 202 g/mol. The molecule has 1 aliphatic rings. The molecule has 0 amide bonds. The van der Waals surface area contributed by atoms with Crippen molar-refractivity contribution >= 4 is 10.1 Å². The highest BCUT2D eigenvalue weighted by Gasteiger charge is 2.37. The van der Waals surface area contributed by atoms with Crippen molar-refractivity contribution in [2.45, 2.75) is 18.1 Å². The molecule has 0 bridgehead atoms. The van der Waals surface area contributed by atoms with Crippen molar-refractivity contribution in [3.63, 3.8) is 0 Å². The summed E-state index contributed by atoms with van der Waals surface area (Å²) in [6.45, 7) is 0. The second-order valence-corrected chi connectivity index (χ2v) is 4.94. The quantitative estimate of drug-likeness (QED) is 0.661. The van der Waals surface area contributed by atoms with E-state index >= 15 is 0 Å². The van der Waals surface area contributed by atoms with Crippen molar-refractivity contribution in [3.05, 3.63) is 12.4 Å². The summed E-state index contributed by atoms with van der Waals surface area (Å²) in [7, 11) is -1.68. The summed E-state index contributed by atoms with van der Waals surface area (Å²) < 4.78 is 29.0. The van der Waals surface area contributed by atoms with Crippen LogP contribution >= 0.6 is 0 Å². The minimum Gasteiger partial charge on any atom is -0.379 e. The molecule has 0 atom stereocenters. The van der Waals surface area contributed by atoms with Crippen LogP contribution in [0.2, 0.25) is 0 Å². The van der Waals surface area contributed by atoms with Crippen molar-refractivity contribution in [3.8, 4) is 5.75 Å². The van der Waals surface area contributed by atoms with Gasteiger partial charge in [0.25, 0.3) is 0 Å². The minimum absolute atomic E-state index is 0.286. The first-order valence-corrected chi connectivity index (χ1v) is 5.47. The Kier molecular flexibility index (Phi) is 1.80. The Morgan fingerprint density at radius 3 is 2.77 bits per heavy atom. The SMILES string of the molecule is Cn1cc(OS(=O)(=O)C2CC2)cn1. The molecule has 0 aliphatic heterocycles. The van der Waals surface area contributed by atoms with Crippen molar-refractivity contribution in [1.82, 2.24) is 9.78 Å². The number of nitrogens with zero attached hydrogens (tertiary/aromatic N) is 2. The highest BCUT2D eigenvalue weighted by atomic mass is 32.2. The van der Waals surface area contributed by atoms with Gasteiger partial charge >= 0.3 is 10.1 Å². The van der Waals surface area contributed by atoms with Gasteiger partial charge in [-0.25, -0.2) is 0 Å². The van der Waals surface area contributed by atoms with E-state index in [0.717, 1.165) is 0 Å². The van der Waals surface area contributed by atoms with Gasteiger partial charge in [-0.1, -0.05) is 0 Å². The molecule has 72 valence electrons. The van der Waals surface area contributed by atoms with Gasteiger partial charge in [0.05, 0.1) is 17.6 Å². The second kappa shape index (κ2) is 2.73. The highest BCUT2D eigenvalue weighted by Crippen LogP contribution is 2.30. The van der Waals surface area contributed by atoms with Crippen LogP contribution < -0.4 is 4.18 Å². The van der Waals surface area contributed by atoms with E-state index in [2.05, 4.69) is 5.10 Å². The zero-order valence-corrected chi connectivity index (χ0v) is 7.99. The fourth-order valence-corrected chi connectivity index (χ4v) is 2.20. The summed E-state index contributed by atoms with van der Waals surface area (Å²) >= 11 is 0. The molecule has 0 spiro atoms. The summed E-state index contributed by atoms with van der Waals surface area (Å²) in [4.78, 5) is 0. The van der Waals surface area contributed by atoms with Gasteiger partial charge in [0.1, 0.15) is 0 Å². The van der Waals surface area contributed by atoms with E-state index in [9.17, 15) is 8.42 Å². The van der Waals surface area contributed by atoms with E-state index in [-0.39, 0.29) is 11.0 Å². The number of aromatic nitrogens is 2. The predicted octanol–water partition coefficient (Wildman–Crippen LogP) is 0.291. The van der Waals surface area contributed by atoms with Gasteiger partial charge in [0, 0.05) is 7.05 Å². The maximum absolute atomic E-state index is 11.3. The molecule has 1 saturated carbocycles. The van der Waals surface area contributed by atoms with E-state index in [1.165, 1.54) is 17.1 Å². The van der Waals surface area contributed by atoms with Gasteiger partial charge in [-0.15, -0.1) is 0 Å². The predicted molar refractivity (Wildman–Crippen MR) is 45.8 cm³/mol. The van der Waals surface area contributed by atoms with Crippen LogP contribution in [0.4, 0.5) is 0 Å². The highest BCUT2D eigenvalue weighted by molar-refractivity contribution is 7.88. The Balaban J connectivity index is 2.13. The lowest BCUT2D eigenvalue weighted by Crippen LogP contribution is -2.13. The first-order valence-electron chi connectivity index (χ1n) is 4.00. The molecule has 1 aliphatic carbocycles. The smallest absolute Gasteiger partial charge is 0.312 e. The van der Waals surface area contributed by atoms with Crippen LogP contribution in [0.25, 0.3) is 0 Å². The molecule has 1 heterocycles. The number of aryl methyl sites for hydroxylation is 1. The molecule has 0 N–H and O–H groups in total. The first kappa shape index (κ1) is 8.55. The number of hydrogen-bond acceptors (Lipinski definition) is 4. The summed E-state index contributed by atoms with van der Waals surface area (Å²) in [5.74, 6) is 0.286. The van der Waals surface area contributed by atoms with Crippen molar-refractivity contribution in [2.75, 3.05) is 0 Å². The topological polar surface area (TPSA) is 61.2 Å². The molecule has 0 aromatic carbocycles. The number of rotatable bonds is 3. The maximum atomic E-state index is 11.3. The van der Waals surface area contributed by atoms with Crippen LogP contribution in [0.3, 0.4) is 0 Å². The largest absolute Gasteiger partial charge is 0.379 e. The van der Waals surface area contributed by atoms with Crippen LogP contribution in [0.5, 0.6) is 5.75 Å². The van der Waals surface area contributed by atoms with Crippen LogP contribution in [-0.2, 0) is 17.2 Å². The molecule has 0 radical (unpaired) electrons. The molecule has 2 rings (SSSR count). The maximum Gasteiger partial charge on any atom is 0.312 e. The molecular formula is C7H10N2O3S. The van der Waals surface area contributed by atoms with E-state index in [4.69, 9.17) is 4.18 Å². The Morgan fingerprint density at radius 1 is 1.62 bits per heavy atom. The van der Waals surface area contributed by atoms with E-state index in [0.29, 0.717) is 12.8 Å². The lowest BCUT2D eigenvalue weighted by Gasteiger charge is -2.01. The Hall–Kier alpha value is -1.04. The Labute approximate surface area is 76.4 Å². The minimum atomic E-state index is -3.38. The number of hydrogen-bond donors (Lipinski definition) is 0. The Bertz CT molecular complexity index is 405. The fraction of sp³-hybridized carbons (Fsp3) is 0.571. The third kappa shape index (κ3) is 1.82. The van der Waals surface area contributed by atoms with E-state index in [1.54, 1.807) is 7.05 Å². The monoisotopic (exact) mass is 202 g/mol. The third-order valence-electron chi connectivity index (χ3n) is 1.83. The standard InChI is InChI=1S/C7H10N2O3S/c1-9-5-6(4-8-9)12-13(10,11)7-2-3-7/h4-5,7H,2-3H2,1H3. The summed E-state index contributed by atoms with van der Waals surface area (Å²) in [6.07, 6.45) is 4.34. The Morgan fingerprint density at radius 2 is 2.31 bits per heavy atom. The molecule has 6 heteroatoms. The molecular weight excluding hydrogens is 192 g/mol. The van der Waals surface area contributed by atoms with Gasteiger partial charge in [-0.2, -0.15) is 13.5 Å². The van der Waals surface area contributed by atoms with Crippen LogP contribution in [0.15, 0.2) is 12.4 Å². The first-order chi connectivity index (χ1) is 6.08. The van der Waals surface area contributed by atoms with Crippen molar-refractivity contribution < 1.29 is 12.6 Å². The summed E-state index contributed by atoms with van der Waals surface area (Å²) in [5, 5.41) is 3.51. The molecule has 0 saturated heterocycles. The molecule has 1 aromatic heterocycles. The molecule has 1 aromatic rings. The van der Waals surface area contributed by atoms with Crippen LogP contribution in [0, 0.1) is 0 Å². The zero-order valence-electron chi connectivity index (χ0n) is 7.17. The third-order valence-corrected chi connectivity index (χ3v) is 3.54. The van der Waals surface area contributed by atoms with Gasteiger partial charge in [-0.05, 0) is 12.8 Å². The second-order valence-electron chi connectivity index (χ2n) is 3.13. The van der Waals surface area contributed by atoms with Gasteiger partial charge < -0.3 is 4.18 Å². The molecule has 1 fully saturated rings. The van der Waals surface area contributed by atoms with Gasteiger partial charge in [0.2, 0.25) is 0 Å². The van der Waals surface area contributed by atoms with Crippen molar-refractivity contribution in [1.29, 1.82) is 0 Å².